The third-order valence-electron chi connectivity index (χ3n) is 4.94. The lowest BCUT2D eigenvalue weighted by Gasteiger charge is -2.19. The van der Waals surface area contributed by atoms with Crippen LogP contribution in [0.2, 0.25) is 0 Å². The van der Waals surface area contributed by atoms with E-state index in [2.05, 4.69) is 0 Å². The van der Waals surface area contributed by atoms with E-state index in [1.807, 2.05) is 39.0 Å². The molecule has 0 amide bonds. The van der Waals surface area contributed by atoms with Gasteiger partial charge in [0.05, 0.1) is 16.1 Å². The standard InChI is InChI=1S/C23H23NO4S/c1-16-10-11-17(2)22(18(16)3)28-23(25)19-12-14-21(15-13-19)29(26,27)24(4)20-8-6-5-7-9-20/h5-15H,1-4H3. The lowest BCUT2D eigenvalue weighted by Crippen LogP contribution is -2.26. The van der Waals surface area contributed by atoms with Gasteiger partial charge in [0.15, 0.2) is 0 Å². The molecule has 0 aliphatic heterocycles. The third kappa shape index (κ3) is 4.17. The van der Waals surface area contributed by atoms with Crippen molar-refractivity contribution in [3.63, 3.8) is 0 Å². The van der Waals surface area contributed by atoms with Crippen LogP contribution in [0.1, 0.15) is 27.0 Å². The second-order valence-electron chi connectivity index (χ2n) is 6.88. The van der Waals surface area contributed by atoms with Crippen LogP contribution in [0.5, 0.6) is 5.75 Å². The number of sulfonamides is 1. The number of benzene rings is 3. The molecule has 0 atom stereocenters. The first-order chi connectivity index (χ1) is 13.7. The minimum Gasteiger partial charge on any atom is -0.422 e. The average molecular weight is 410 g/mol. The zero-order valence-electron chi connectivity index (χ0n) is 16.8. The first-order valence-corrected chi connectivity index (χ1v) is 10.6. The van der Waals surface area contributed by atoms with Crippen molar-refractivity contribution >= 4 is 21.7 Å². The van der Waals surface area contributed by atoms with Gasteiger partial charge in [-0.15, -0.1) is 0 Å². The quantitative estimate of drug-likeness (QED) is 0.454. The van der Waals surface area contributed by atoms with Gasteiger partial charge < -0.3 is 4.74 Å². The molecule has 0 saturated carbocycles. The predicted molar refractivity (Wildman–Crippen MR) is 114 cm³/mol. The third-order valence-corrected chi connectivity index (χ3v) is 6.74. The lowest BCUT2D eigenvalue weighted by atomic mass is 10.1. The maximum atomic E-state index is 12.8. The van der Waals surface area contributed by atoms with Gasteiger partial charge in [-0.05, 0) is 73.9 Å². The van der Waals surface area contributed by atoms with Crippen molar-refractivity contribution in [3.05, 3.63) is 89.0 Å². The minimum absolute atomic E-state index is 0.100. The number of esters is 1. The number of nitrogens with zero attached hydrogens (tertiary/aromatic N) is 1. The van der Waals surface area contributed by atoms with Crippen molar-refractivity contribution in [2.24, 2.45) is 0 Å². The number of hydrogen-bond acceptors (Lipinski definition) is 4. The smallest absolute Gasteiger partial charge is 0.343 e. The Hall–Kier alpha value is -3.12. The van der Waals surface area contributed by atoms with Gasteiger partial charge in [0, 0.05) is 7.05 Å². The van der Waals surface area contributed by atoms with Crippen molar-refractivity contribution in [2.75, 3.05) is 11.4 Å². The molecule has 0 aliphatic carbocycles. The first-order valence-electron chi connectivity index (χ1n) is 9.15. The molecule has 0 fully saturated rings. The zero-order valence-corrected chi connectivity index (χ0v) is 17.7. The van der Waals surface area contributed by atoms with Gasteiger partial charge in [-0.2, -0.15) is 0 Å². The van der Waals surface area contributed by atoms with Crippen LogP contribution in [-0.2, 0) is 10.0 Å². The Labute approximate surface area is 171 Å². The van der Waals surface area contributed by atoms with E-state index in [1.54, 1.807) is 24.3 Å². The van der Waals surface area contributed by atoms with E-state index < -0.39 is 16.0 Å². The SMILES string of the molecule is Cc1ccc(C)c(OC(=O)c2ccc(S(=O)(=O)N(C)c3ccccc3)cc2)c1C. The highest BCUT2D eigenvalue weighted by molar-refractivity contribution is 7.92. The Morgan fingerprint density at radius 3 is 2.03 bits per heavy atom. The summed E-state index contributed by atoms with van der Waals surface area (Å²) in [6, 6.07) is 18.5. The van der Waals surface area contributed by atoms with Gasteiger partial charge in [0.2, 0.25) is 0 Å². The van der Waals surface area contributed by atoms with Crippen LogP contribution in [0.3, 0.4) is 0 Å². The zero-order chi connectivity index (χ0) is 21.2. The molecule has 0 aliphatic rings. The van der Waals surface area contributed by atoms with Crippen molar-refractivity contribution < 1.29 is 17.9 Å². The summed E-state index contributed by atoms with van der Waals surface area (Å²) in [5, 5.41) is 0. The van der Waals surface area contributed by atoms with Crippen LogP contribution < -0.4 is 9.04 Å². The number of para-hydroxylation sites is 1. The summed E-state index contributed by atoms with van der Waals surface area (Å²) in [6.07, 6.45) is 0. The van der Waals surface area contributed by atoms with Crippen molar-refractivity contribution in [2.45, 2.75) is 25.7 Å². The second kappa shape index (κ2) is 8.09. The van der Waals surface area contributed by atoms with Crippen LogP contribution in [0.15, 0.2) is 71.6 Å². The van der Waals surface area contributed by atoms with Gasteiger partial charge >= 0.3 is 5.97 Å². The van der Waals surface area contributed by atoms with E-state index in [9.17, 15) is 13.2 Å². The Morgan fingerprint density at radius 2 is 1.41 bits per heavy atom. The number of ether oxygens (including phenoxy) is 1. The Bertz CT molecular complexity index is 1140. The molecule has 0 heterocycles. The molecule has 0 aromatic heterocycles. The number of aryl methyl sites for hydroxylation is 2. The summed E-state index contributed by atoms with van der Waals surface area (Å²) in [6.45, 7) is 5.74. The van der Waals surface area contributed by atoms with Crippen LogP contribution in [0.4, 0.5) is 5.69 Å². The number of anilines is 1. The highest BCUT2D eigenvalue weighted by Gasteiger charge is 2.22. The number of rotatable bonds is 5. The fourth-order valence-corrected chi connectivity index (χ4v) is 4.13. The Kier molecular flexibility index (Phi) is 5.75. The van der Waals surface area contributed by atoms with E-state index in [1.165, 1.54) is 35.6 Å². The molecular weight excluding hydrogens is 386 g/mol. The molecule has 0 unspecified atom stereocenters. The molecular formula is C23H23NO4S. The maximum absolute atomic E-state index is 12.8. The molecule has 5 nitrogen and oxygen atoms in total. The maximum Gasteiger partial charge on any atom is 0.343 e. The topological polar surface area (TPSA) is 63.7 Å². The molecule has 6 heteroatoms. The average Bonchev–Trinajstić information content (AvgIpc) is 2.74. The van der Waals surface area contributed by atoms with Crippen LogP contribution >= 0.6 is 0 Å². The molecule has 29 heavy (non-hydrogen) atoms. The summed E-state index contributed by atoms with van der Waals surface area (Å²) >= 11 is 0. The van der Waals surface area contributed by atoms with E-state index >= 15 is 0 Å². The molecule has 0 spiro atoms. The van der Waals surface area contributed by atoms with Gasteiger partial charge in [0.25, 0.3) is 10.0 Å². The largest absolute Gasteiger partial charge is 0.422 e. The fraction of sp³-hybridized carbons (Fsp3) is 0.174. The van der Waals surface area contributed by atoms with Crippen molar-refractivity contribution in [1.82, 2.24) is 0 Å². The molecule has 0 bridgehead atoms. The molecule has 0 radical (unpaired) electrons. The van der Waals surface area contributed by atoms with Gasteiger partial charge in [-0.25, -0.2) is 13.2 Å². The van der Waals surface area contributed by atoms with E-state index in [0.717, 1.165) is 16.7 Å². The van der Waals surface area contributed by atoms with E-state index in [4.69, 9.17) is 4.74 Å². The van der Waals surface area contributed by atoms with Gasteiger partial charge in [-0.1, -0.05) is 30.3 Å². The Balaban J connectivity index is 1.83. The summed E-state index contributed by atoms with van der Waals surface area (Å²) in [4.78, 5) is 12.7. The number of hydrogen-bond donors (Lipinski definition) is 0. The summed E-state index contributed by atoms with van der Waals surface area (Å²) in [5.41, 5.74) is 3.64. The molecule has 150 valence electrons. The fourth-order valence-electron chi connectivity index (χ4n) is 2.93. The summed E-state index contributed by atoms with van der Waals surface area (Å²) in [7, 11) is -2.24. The Morgan fingerprint density at radius 1 is 0.828 bits per heavy atom. The first kappa shape index (κ1) is 20.6. The normalized spacial score (nSPS) is 11.2. The summed E-state index contributed by atoms with van der Waals surface area (Å²) < 4.78 is 32.5. The van der Waals surface area contributed by atoms with Crippen LogP contribution in [0.25, 0.3) is 0 Å². The summed E-state index contributed by atoms with van der Waals surface area (Å²) in [5.74, 6) is 0.0117. The van der Waals surface area contributed by atoms with Gasteiger partial charge in [0.1, 0.15) is 5.75 Å². The second-order valence-corrected chi connectivity index (χ2v) is 8.84. The number of carbonyl (C=O) groups excluding carboxylic acids is 1. The predicted octanol–water partition coefficient (Wildman–Crippen LogP) is 4.66. The van der Waals surface area contributed by atoms with Gasteiger partial charge in [-0.3, -0.25) is 4.31 Å². The minimum atomic E-state index is -3.73. The monoisotopic (exact) mass is 409 g/mol. The lowest BCUT2D eigenvalue weighted by molar-refractivity contribution is 0.0732. The van der Waals surface area contributed by atoms with E-state index in [-0.39, 0.29) is 10.5 Å². The molecule has 3 aromatic carbocycles. The highest BCUT2D eigenvalue weighted by atomic mass is 32.2. The molecule has 3 rings (SSSR count). The van der Waals surface area contributed by atoms with Crippen LogP contribution in [-0.4, -0.2) is 21.4 Å². The highest BCUT2D eigenvalue weighted by Crippen LogP contribution is 2.27. The molecule has 0 N–H and O–H groups in total. The molecule has 3 aromatic rings. The van der Waals surface area contributed by atoms with E-state index in [0.29, 0.717) is 11.4 Å². The van der Waals surface area contributed by atoms with Crippen LogP contribution in [0, 0.1) is 20.8 Å². The van der Waals surface area contributed by atoms with Crippen molar-refractivity contribution in [1.29, 1.82) is 0 Å². The molecule has 0 saturated heterocycles. The number of carbonyl (C=O) groups is 1. The van der Waals surface area contributed by atoms with Crippen molar-refractivity contribution in [3.8, 4) is 5.75 Å².